The molecule has 0 saturated heterocycles. The van der Waals surface area contributed by atoms with Crippen molar-refractivity contribution in [3.8, 4) is 5.75 Å². The summed E-state index contributed by atoms with van der Waals surface area (Å²) in [5, 5.41) is 21.6. The molecule has 0 heterocycles. The zero-order valence-electron chi connectivity index (χ0n) is 10.0. The number of methoxy groups -OCH3 is 1. The third kappa shape index (κ3) is 4.64. The molecular formula is C12H16BrNO4. The quantitative estimate of drug-likeness (QED) is 0.738. The fourth-order valence-corrected chi connectivity index (χ4v) is 1.77. The molecule has 3 N–H and O–H groups in total. The molecule has 1 aromatic rings. The highest BCUT2D eigenvalue weighted by Gasteiger charge is 2.11. The van der Waals surface area contributed by atoms with Gasteiger partial charge in [0.15, 0.2) is 0 Å². The number of halogens is 1. The molecule has 1 rings (SSSR count). The molecule has 5 nitrogen and oxygen atoms in total. The van der Waals surface area contributed by atoms with Gasteiger partial charge in [-0.3, -0.25) is 4.79 Å². The van der Waals surface area contributed by atoms with Crippen molar-refractivity contribution >= 4 is 21.8 Å². The van der Waals surface area contributed by atoms with Crippen LogP contribution in [0.25, 0.3) is 0 Å². The van der Waals surface area contributed by atoms with Gasteiger partial charge < -0.3 is 20.3 Å². The number of aliphatic hydroxyl groups excluding tert-OH is 1. The summed E-state index contributed by atoms with van der Waals surface area (Å²) in [6.07, 6.45) is -0.208. The molecule has 0 aliphatic rings. The van der Waals surface area contributed by atoms with E-state index in [-0.39, 0.29) is 23.8 Å². The maximum atomic E-state index is 11.8. The van der Waals surface area contributed by atoms with E-state index in [9.17, 15) is 15.0 Å². The highest BCUT2D eigenvalue weighted by molar-refractivity contribution is 9.10. The van der Waals surface area contributed by atoms with Crippen LogP contribution in [0.4, 0.5) is 0 Å². The van der Waals surface area contributed by atoms with E-state index in [0.717, 1.165) is 0 Å². The Bertz CT molecular complexity index is 411. The number of carbonyl (C=O) groups excluding carboxylic acids is 1. The highest BCUT2D eigenvalue weighted by Crippen LogP contribution is 2.21. The van der Waals surface area contributed by atoms with E-state index in [4.69, 9.17) is 4.74 Å². The first-order valence-corrected chi connectivity index (χ1v) is 6.27. The van der Waals surface area contributed by atoms with Crippen molar-refractivity contribution in [2.45, 2.75) is 12.5 Å². The van der Waals surface area contributed by atoms with Crippen molar-refractivity contribution in [2.75, 3.05) is 20.3 Å². The van der Waals surface area contributed by atoms with Crippen LogP contribution in [0.1, 0.15) is 16.8 Å². The number of carbonyl (C=O) groups is 1. The van der Waals surface area contributed by atoms with Crippen LogP contribution in [0, 0.1) is 0 Å². The number of aromatic hydroxyl groups is 1. The van der Waals surface area contributed by atoms with Crippen LogP contribution in [-0.2, 0) is 4.74 Å². The summed E-state index contributed by atoms with van der Waals surface area (Å²) in [7, 11) is 1.50. The molecule has 1 aromatic carbocycles. The molecule has 18 heavy (non-hydrogen) atoms. The molecular weight excluding hydrogens is 302 g/mol. The van der Waals surface area contributed by atoms with Gasteiger partial charge in [-0.05, 0) is 24.6 Å². The second kappa shape index (κ2) is 7.35. The molecule has 0 aliphatic carbocycles. The molecule has 0 radical (unpaired) electrons. The number of rotatable bonds is 6. The van der Waals surface area contributed by atoms with Crippen LogP contribution in [0.2, 0.25) is 0 Å². The van der Waals surface area contributed by atoms with E-state index in [0.29, 0.717) is 17.4 Å². The van der Waals surface area contributed by atoms with E-state index in [2.05, 4.69) is 21.2 Å². The van der Waals surface area contributed by atoms with Gasteiger partial charge in [-0.1, -0.05) is 15.9 Å². The fraction of sp³-hybridized carbons (Fsp3) is 0.417. The van der Waals surface area contributed by atoms with E-state index >= 15 is 0 Å². The standard InChI is InChI=1S/C12H16BrNO4/c1-18-7-9(15)4-5-14-12(17)10-6-8(13)2-3-11(10)16/h2-3,6,9,15-16H,4-5,7H2,1H3,(H,14,17). The number of ether oxygens (including phenoxy) is 1. The number of hydrogen-bond donors (Lipinski definition) is 3. The predicted octanol–water partition coefficient (Wildman–Crippen LogP) is 1.28. The van der Waals surface area contributed by atoms with Crippen molar-refractivity contribution in [3.05, 3.63) is 28.2 Å². The molecule has 1 amide bonds. The molecule has 6 heteroatoms. The smallest absolute Gasteiger partial charge is 0.255 e. The normalized spacial score (nSPS) is 12.2. The number of benzene rings is 1. The Kier molecular flexibility index (Phi) is 6.11. The zero-order chi connectivity index (χ0) is 13.5. The summed E-state index contributed by atoms with van der Waals surface area (Å²) < 4.78 is 5.48. The van der Waals surface area contributed by atoms with Crippen LogP contribution in [0.5, 0.6) is 5.75 Å². The lowest BCUT2D eigenvalue weighted by Crippen LogP contribution is -2.28. The highest BCUT2D eigenvalue weighted by atomic mass is 79.9. The lowest BCUT2D eigenvalue weighted by molar-refractivity contribution is 0.0587. The third-order valence-electron chi connectivity index (χ3n) is 2.33. The molecule has 1 atom stereocenters. The maximum Gasteiger partial charge on any atom is 0.255 e. The lowest BCUT2D eigenvalue weighted by atomic mass is 10.2. The molecule has 0 saturated carbocycles. The summed E-state index contributed by atoms with van der Waals surface area (Å²) in [4.78, 5) is 11.8. The number of hydrogen-bond acceptors (Lipinski definition) is 4. The van der Waals surface area contributed by atoms with Crippen LogP contribution in [-0.4, -0.2) is 42.5 Å². The predicted molar refractivity (Wildman–Crippen MR) is 70.6 cm³/mol. The number of phenols is 1. The second-order valence-corrected chi connectivity index (χ2v) is 4.73. The zero-order valence-corrected chi connectivity index (χ0v) is 11.6. The lowest BCUT2D eigenvalue weighted by Gasteiger charge is -2.10. The van der Waals surface area contributed by atoms with E-state index in [1.54, 1.807) is 6.07 Å². The molecule has 0 fully saturated rings. The Balaban J connectivity index is 2.48. The number of nitrogens with one attached hydrogen (secondary N) is 1. The van der Waals surface area contributed by atoms with Gasteiger partial charge in [0.2, 0.25) is 0 Å². The first-order chi connectivity index (χ1) is 8.54. The van der Waals surface area contributed by atoms with Gasteiger partial charge in [-0.25, -0.2) is 0 Å². The van der Waals surface area contributed by atoms with Crippen molar-refractivity contribution in [1.82, 2.24) is 5.32 Å². The van der Waals surface area contributed by atoms with Crippen LogP contribution < -0.4 is 5.32 Å². The molecule has 1 unspecified atom stereocenters. The van der Waals surface area contributed by atoms with Gasteiger partial charge in [-0.2, -0.15) is 0 Å². The van der Waals surface area contributed by atoms with Gasteiger partial charge in [0.25, 0.3) is 5.91 Å². The number of phenolic OH excluding ortho intramolecular Hbond substituents is 1. The monoisotopic (exact) mass is 317 g/mol. The van der Waals surface area contributed by atoms with E-state index in [1.807, 2.05) is 0 Å². The Morgan fingerprint density at radius 3 is 2.94 bits per heavy atom. The minimum absolute atomic E-state index is 0.0758. The van der Waals surface area contributed by atoms with Crippen molar-refractivity contribution in [2.24, 2.45) is 0 Å². The first-order valence-electron chi connectivity index (χ1n) is 5.48. The van der Waals surface area contributed by atoms with Crippen molar-refractivity contribution < 1.29 is 19.7 Å². The number of amides is 1. The SMILES string of the molecule is COCC(O)CCNC(=O)c1cc(Br)ccc1O. The average molecular weight is 318 g/mol. The van der Waals surface area contributed by atoms with Crippen LogP contribution in [0.15, 0.2) is 22.7 Å². The summed E-state index contributed by atoms with van der Waals surface area (Å²) >= 11 is 3.23. The summed E-state index contributed by atoms with van der Waals surface area (Å²) in [5.74, 6) is -0.452. The summed E-state index contributed by atoms with van der Waals surface area (Å²) in [6.45, 7) is 0.549. The molecule has 0 aliphatic heterocycles. The molecule has 0 bridgehead atoms. The second-order valence-electron chi connectivity index (χ2n) is 3.82. The third-order valence-corrected chi connectivity index (χ3v) is 2.82. The van der Waals surface area contributed by atoms with E-state index < -0.39 is 6.10 Å². The minimum atomic E-state index is -0.605. The van der Waals surface area contributed by atoms with Gasteiger partial charge in [0, 0.05) is 18.1 Å². The maximum absolute atomic E-state index is 11.8. The summed E-state index contributed by atoms with van der Waals surface area (Å²) in [5.41, 5.74) is 0.200. The van der Waals surface area contributed by atoms with Crippen LogP contribution >= 0.6 is 15.9 Å². The first kappa shape index (κ1) is 14.9. The van der Waals surface area contributed by atoms with Crippen molar-refractivity contribution in [1.29, 1.82) is 0 Å². The van der Waals surface area contributed by atoms with E-state index in [1.165, 1.54) is 19.2 Å². The minimum Gasteiger partial charge on any atom is -0.507 e. The molecule has 0 spiro atoms. The largest absolute Gasteiger partial charge is 0.507 e. The Hall–Kier alpha value is -1.11. The topological polar surface area (TPSA) is 78.8 Å². The Morgan fingerprint density at radius 1 is 1.56 bits per heavy atom. The molecule has 100 valence electrons. The van der Waals surface area contributed by atoms with Gasteiger partial charge >= 0.3 is 0 Å². The Labute approximate surface area is 114 Å². The average Bonchev–Trinajstić information content (AvgIpc) is 2.32. The van der Waals surface area contributed by atoms with Crippen molar-refractivity contribution in [3.63, 3.8) is 0 Å². The Morgan fingerprint density at radius 2 is 2.28 bits per heavy atom. The molecule has 0 aromatic heterocycles. The summed E-state index contributed by atoms with van der Waals surface area (Å²) in [6, 6.07) is 4.63. The fourth-order valence-electron chi connectivity index (χ4n) is 1.41. The van der Waals surface area contributed by atoms with Crippen LogP contribution in [0.3, 0.4) is 0 Å². The van der Waals surface area contributed by atoms with Gasteiger partial charge in [-0.15, -0.1) is 0 Å². The number of aliphatic hydroxyl groups is 1. The van der Waals surface area contributed by atoms with Gasteiger partial charge in [0.1, 0.15) is 5.75 Å². The van der Waals surface area contributed by atoms with Gasteiger partial charge in [0.05, 0.1) is 18.3 Å².